The van der Waals surface area contributed by atoms with Crippen molar-refractivity contribution in [3.8, 4) is 0 Å². The normalized spacial score (nSPS) is 11.2. The topological polar surface area (TPSA) is 53.6 Å². The van der Waals surface area contributed by atoms with Crippen LogP contribution in [0.25, 0.3) is 0 Å². The second kappa shape index (κ2) is 6.90. The van der Waals surface area contributed by atoms with Gasteiger partial charge in [-0.2, -0.15) is 0 Å². The summed E-state index contributed by atoms with van der Waals surface area (Å²) >= 11 is 1.60. The lowest BCUT2D eigenvalue weighted by Crippen LogP contribution is -2.18. The van der Waals surface area contributed by atoms with Gasteiger partial charge in [-0.25, -0.2) is 4.98 Å². The summed E-state index contributed by atoms with van der Waals surface area (Å²) < 4.78 is 0. The average molecular weight is 290 g/mol. The van der Waals surface area contributed by atoms with Crippen LogP contribution in [0.2, 0.25) is 0 Å². The van der Waals surface area contributed by atoms with Gasteiger partial charge in [-0.15, -0.1) is 5.10 Å². The second-order valence-electron chi connectivity index (χ2n) is 5.43. The molecule has 0 aliphatic carbocycles. The molecule has 1 heterocycles. The summed E-state index contributed by atoms with van der Waals surface area (Å²) in [5, 5.41) is 11.3. The molecule has 0 saturated heterocycles. The number of rotatable bonds is 6. The van der Waals surface area contributed by atoms with Crippen LogP contribution in [0.1, 0.15) is 30.8 Å². The van der Waals surface area contributed by atoms with Crippen molar-refractivity contribution < 1.29 is 0 Å². The van der Waals surface area contributed by atoms with E-state index in [2.05, 4.69) is 59.5 Å². The van der Waals surface area contributed by atoms with Gasteiger partial charge in [0.15, 0.2) is 0 Å². The Hall–Kier alpha value is -1.33. The first-order chi connectivity index (χ1) is 9.54. The number of hydrogen-bond donors (Lipinski definition) is 2. The Labute approximate surface area is 124 Å². The van der Waals surface area contributed by atoms with Gasteiger partial charge in [0.05, 0.1) is 0 Å². The SMILES string of the molecule is Cc1nc(Sc2ccc(CNCC(C)C)cc2C)n[nH]1. The molecule has 0 amide bonds. The van der Waals surface area contributed by atoms with Crippen LogP contribution < -0.4 is 5.32 Å². The first-order valence-electron chi connectivity index (χ1n) is 6.91. The molecular formula is C15H22N4S. The molecule has 0 saturated carbocycles. The fraction of sp³-hybridized carbons (Fsp3) is 0.467. The predicted octanol–water partition coefficient (Wildman–Crippen LogP) is 3.32. The first kappa shape index (κ1) is 15.1. The van der Waals surface area contributed by atoms with E-state index >= 15 is 0 Å². The third-order valence-electron chi connectivity index (χ3n) is 2.90. The lowest BCUT2D eigenvalue weighted by atomic mass is 10.1. The molecule has 0 fully saturated rings. The maximum atomic E-state index is 4.32. The minimum Gasteiger partial charge on any atom is -0.312 e. The lowest BCUT2D eigenvalue weighted by molar-refractivity contribution is 0.552. The van der Waals surface area contributed by atoms with Crippen LogP contribution in [0.3, 0.4) is 0 Å². The van der Waals surface area contributed by atoms with E-state index in [1.54, 1.807) is 11.8 Å². The van der Waals surface area contributed by atoms with E-state index in [-0.39, 0.29) is 0 Å². The van der Waals surface area contributed by atoms with Crippen molar-refractivity contribution >= 4 is 11.8 Å². The van der Waals surface area contributed by atoms with Gasteiger partial charge < -0.3 is 5.32 Å². The zero-order valence-electron chi connectivity index (χ0n) is 12.5. The Kier molecular flexibility index (Phi) is 5.20. The van der Waals surface area contributed by atoms with Gasteiger partial charge in [-0.05, 0) is 55.3 Å². The highest BCUT2D eigenvalue weighted by atomic mass is 32.2. The van der Waals surface area contributed by atoms with Crippen LogP contribution >= 0.6 is 11.8 Å². The van der Waals surface area contributed by atoms with Gasteiger partial charge >= 0.3 is 0 Å². The Morgan fingerprint density at radius 1 is 1.30 bits per heavy atom. The summed E-state index contributed by atoms with van der Waals surface area (Å²) in [5.74, 6) is 1.53. The minimum atomic E-state index is 0.680. The van der Waals surface area contributed by atoms with Crippen LogP contribution in [-0.2, 0) is 6.54 Å². The van der Waals surface area contributed by atoms with E-state index in [0.29, 0.717) is 5.92 Å². The molecular weight excluding hydrogens is 268 g/mol. The highest BCUT2D eigenvalue weighted by molar-refractivity contribution is 7.99. The Morgan fingerprint density at radius 3 is 2.70 bits per heavy atom. The standard InChI is InChI=1S/C15H22N4S/c1-10(2)8-16-9-13-5-6-14(11(3)7-13)20-15-17-12(4)18-19-15/h5-7,10,16H,8-9H2,1-4H3,(H,17,18,19). The van der Waals surface area contributed by atoms with Crippen LogP contribution in [0, 0.1) is 19.8 Å². The molecule has 0 atom stereocenters. The number of aromatic amines is 1. The first-order valence-corrected chi connectivity index (χ1v) is 7.73. The van der Waals surface area contributed by atoms with Crippen molar-refractivity contribution in [2.45, 2.75) is 44.3 Å². The molecule has 0 spiro atoms. The van der Waals surface area contributed by atoms with Gasteiger partial charge in [-0.3, -0.25) is 5.10 Å². The quantitative estimate of drug-likeness (QED) is 0.857. The van der Waals surface area contributed by atoms with Crippen molar-refractivity contribution in [2.75, 3.05) is 6.54 Å². The third kappa shape index (κ3) is 4.35. The van der Waals surface area contributed by atoms with E-state index in [4.69, 9.17) is 0 Å². The number of H-pyrrole nitrogens is 1. The molecule has 2 rings (SSSR count). The zero-order valence-corrected chi connectivity index (χ0v) is 13.3. The van der Waals surface area contributed by atoms with Gasteiger partial charge in [0.1, 0.15) is 5.82 Å². The minimum absolute atomic E-state index is 0.680. The van der Waals surface area contributed by atoms with E-state index in [9.17, 15) is 0 Å². The number of hydrogen-bond acceptors (Lipinski definition) is 4. The second-order valence-corrected chi connectivity index (χ2v) is 6.44. The van der Waals surface area contributed by atoms with Crippen molar-refractivity contribution in [1.82, 2.24) is 20.5 Å². The molecule has 4 nitrogen and oxygen atoms in total. The van der Waals surface area contributed by atoms with Crippen molar-refractivity contribution in [3.63, 3.8) is 0 Å². The zero-order chi connectivity index (χ0) is 14.5. The largest absolute Gasteiger partial charge is 0.312 e. The molecule has 20 heavy (non-hydrogen) atoms. The van der Waals surface area contributed by atoms with Crippen molar-refractivity contribution in [1.29, 1.82) is 0 Å². The van der Waals surface area contributed by atoms with Gasteiger partial charge in [0.2, 0.25) is 5.16 Å². The molecule has 0 aliphatic rings. The molecule has 2 N–H and O–H groups in total. The predicted molar refractivity (Wildman–Crippen MR) is 83.0 cm³/mol. The maximum absolute atomic E-state index is 4.32. The van der Waals surface area contributed by atoms with Crippen LogP contribution in [0.4, 0.5) is 0 Å². The summed E-state index contributed by atoms with van der Waals surface area (Å²) in [6.45, 7) is 10.4. The molecule has 108 valence electrons. The molecule has 5 heteroatoms. The van der Waals surface area contributed by atoms with Crippen LogP contribution in [0.5, 0.6) is 0 Å². The monoisotopic (exact) mass is 290 g/mol. The van der Waals surface area contributed by atoms with Gasteiger partial charge in [0, 0.05) is 11.4 Å². The smallest absolute Gasteiger partial charge is 0.213 e. The summed E-state index contributed by atoms with van der Waals surface area (Å²) in [4.78, 5) is 5.53. The number of nitrogens with zero attached hydrogens (tertiary/aromatic N) is 2. The van der Waals surface area contributed by atoms with E-state index < -0.39 is 0 Å². The summed E-state index contributed by atoms with van der Waals surface area (Å²) in [6.07, 6.45) is 0. The fourth-order valence-electron chi connectivity index (χ4n) is 1.91. The average Bonchev–Trinajstić information content (AvgIpc) is 2.78. The van der Waals surface area contributed by atoms with Crippen LogP contribution in [-0.4, -0.2) is 21.7 Å². The third-order valence-corrected chi connectivity index (χ3v) is 3.94. The number of aromatic nitrogens is 3. The molecule has 0 bridgehead atoms. The van der Waals surface area contributed by atoms with Crippen LogP contribution in [0.15, 0.2) is 28.3 Å². The Morgan fingerprint density at radius 2 is 2.10 bits per heavy atom. The van der Waals surface area contributed by atoms with Gasteiger partial charge in [-0.1, -0.05) is 26.0 Å². The highest BCUT2D eigenvalue weighted by Crippen LogP contribution is 2.28. The van der Waals surface area contributed by atoms with Crippen molar-refractivity contribution in [3.05, 3.63) is 35.2 Å². The molecule has 1 aromatic carbocycles. The molecule has 2 aromatic rings. The maximum Gasteiger partial charge on any atom is 0.213 e. The Balaban J connectivity index is 1.98. The summed E-state index contributed by atoms with van der Waals surface area (Å²) in [6, 6.07) is 6.55. The number of nitrogens with one attached hydrogen (secondary N) is 2. The van der Waals surface area contributed by atoms with E-state index in [0.717, 1.165) is 24.1 Å². The number of benzene rings is 1. The summed E-state index contributed by atoms with van der Waals surface area (Å²) in [7, 11) is 0. The van der Waals surface area contributed by atoms with Crippen molar-refractivity contribution in [2.24, 2.45) is 5.92 Å². The lowest BCUT2D eigenvalue weighted by Gasteiger charge is -2.09. The highest BCUT2D eigenvalue weighted by Gasteiger charge is 2.06. The van der Waals surface area contributed by atoms with Gasteiger partial charge in [0.25, 0.3) is 0 Å². The molecule has 0 unspecified atom stereocenters. The Bertz CT molecular complexity index is 563. The van der Waals surface area contributed by atoms with E-state index in [1.165, 1.54) is 16.0 Å². The molecule has 0 radical (unpaired) electrons. The number of aryl methyl sites for hydroxylation is 2. The molecule has 1 aromatic heterocycles. The summed E-state index contributed by atoms with van der Waals surface area (Å²) in [5.41, 5.74) is 2.58. The van der Waals surface area contributed by atoms with E-state index in [1.807, 2.05) is 6.92 Å². The molecule has 0 aliphatic heterocycles. The fourth-order valence-corrected chi connectivity index (χ4v) is 2.73.